The number of fused-ring (bicyclic) bond motifs is 1. The smallest absolute Gasteiger partial charge is 0.413 e. The van der Waals surface area contributed by atoms with Gasteiger partial charge in [0.25, 0.3) is 0 Å². The predicted molar refractivity (Wildman–Crippen MR) is 102 cm³/mol. The van der Waals surface area contributed by atoms with Gasteiger partial charge in [0.1, 0.15) is 5.50 Å². The first-order chi connectivity index (χ1) is 12.5. The molecule has 0 aromatic heterocycles. The molecule has 26 heavy (non-hydrogen) atoms. The van der Waals surface area contributed by atoms with E-state index in [-0.39, 0.29) is 41.3 Å². The average Bonchev–Trinajstić information content (AvgIpc) is 3.19. The number of hydrogen-bond donors (Lipinski definition) is 5. The molecule has 2 heterocycles. The Morgan fingerprint density at radius 1 is 1.15 bits per heavy atom. The highest BCUT2D eigenvalue weighted by atomic mass is 32.2. The summed E-state index contributed by atoms with van der Waals surface area (Å²) in [7, 11) is 0. The van der Waals surface area contributed by atoms with Crippen molar-refractivity contribution >= 4 is 42.3 Å². The molecule has 3 fully saturated rings. The molecule has 10 heteroatoms. The lowest BCUT2D eigenvalue weighted by Crippen LogP contribution is -2.48. The van der Waals surface area contributed by atoms with Crippen LogP contribution >= 0.6 is 24.4 Å². The molecule has 6 atom stereocenters. The molecule has 2 aliphatic heterocycles. The summed E-state index contributed by atoms with van der Waals surface area (Å²) in [6.07, 6.45) is 2.40. The summed E-state index contributed by atoms with van der Waals surface area (Å²) in [5, 5.41) is 11.7. The van der Waals surface area contributed by atoms with Gasteiger partial charge in [-0.1, -0.05) is 0 Å². The van der Waals surface area contributed by atoms with Crippen molar-refractivity contribution in [2.24, 2.45) is 11.8 Å². The van der Waals surface area contributed by atoms with Gasteiger partial charge in [-0.3, -0.25) is 25.5 Å². The van der Waals surface area contributed by atoms with E-state index in [1.165, 1.54) is 0 Å². The molecule has 3 amide bonds. The highest BCUT2D eigenvalue weighted by molar-refractivity contribution is 8.00. The molecule has 0 bridgehead atoms. The van der Waals surface area contributed by atoms with Crippen molar-refractivity contribution in [1.82, 2.24) is 21.3 Å². The number of hydrogen-bond acceptors (Lipinski definition) is 8. The summed E-state index contributed by atoms with van der Waals surface area (Å²) < 4.78 is 4.75. The van der Waals surface area contributed by atoms with Crippen molar-refractivity contribution in [2.45, 2.75) is 55.6 Å². The standard InChI is InChI=1S/C16H26N4O4S2/c1-2-24-16(23)20-13(22)9-5-6-26-14(9)19-12(21)8-3-4-10-11(7-8)18-15(25)17-10/h8-11,14-15,17-18,25H,2-7H2,1H3,(H,19,21)(H,20,22,23). The van der Waals surface area contributed by atoms with Crippen LogP contribution in [0.1, 0.15) is 32.6 Å². The third-order valence-electron chi connectivity index (χ3n) is 5.18. The van der Waals surface area contributed by atoms with Gasteiger partial charge in [-0.2, -0.15) is 0 Å². The first-order valence-electron chi connectivity index (χ1n) is 9.07. The molecule has 3 aliphatic rings. The number of imide groups is 1. The van der Waals surface area contributed by atoms with Gasteiger partial charge in [0.05, 0.1) is 17.9 Å². The Kier molecular flexibility index (Phi) is 6.70. The van der Waals surface area contributed by atoms with E-state index in [4.69, 9.17) is 4.74 Å². The Balaban J connectivity index is 1.51. The summed E-state index contributed by atoms with van der Waals surface area (Å²) in [6.45, 7) is 1.89. The van der Waals surface area contributed by atoms with Gasteiger partial charge in [0.2, 0.25) is 11.8 Å². The maximum Gasteiger partial charge on any atom is 0.413 e. The normalized spacial score (nSPS) is 36.2. The predicted octanol–water partition coefficient (Wildman–Crippen LogP) is 0.398. The Morgan fingerprint density at radius 2 is 1.92 bits per heavy atom. The molecule has 6 unspecified atom stereocenters. The van der Waals surface area contributed by atoms with Crippen LogP contribution in [0.4, 0.5) is 4.79 Å². The number of carbonyl (C=O) groups excluding carboxylic acids is 3. The van der Waals surface area contributed by atoms with E-state index in [9.17, 15) is 14.4 Å². The van der Waals surface area contributed by atoms with Crippen LogP contribution in [-0.4, -0.2) is 53.2 Å². The van der Waals surface area contributed by atoms with E-state index in [0.29, 0.717) is 12.5 Å². The Hall–Kier alpha value is -0.970. The summed E-state index contributed by atoms with van der Waals surface area (Å²) in [6, 6.07) is 0.617. The molecule has 8 nitrogen and oxygen atoms in total. The minimum absolute atomic E-state index is 0.0128. The fourth-order valence-electron chi connectivity index (χ4n) is 3.86. The zero-order valence-corrected chi connectivity index (χ0v) is 16.4. The van der Waals surface area contributed by atoms with Gasteiger partial charge in [0.15, 0.2) is 0 Å². The maximum atomic E-state index is 12.7. The number of ether oxygens (including phenoxy) is 1. The zero-order valence-electron chi connectivity index (χ0n) is 14.7. The number of alkyl carbamates (subject to hydrolysis) is 1. The van der Waals surface area contributed by atoms with E-state index in [2.05, 4.69) is 33.9 Å². The Morgan fingerprint density at radius 3 is 2.69 bits per heavy atom. The molecule has 146 valence electrons. The Bertz CT molecular complexity index is 564. The molecule has 0 aromatic carbocycles. The largest absolute Gasteiger partial charge is 0.450 e. The average molecular weight is 403 g/mol. The lowest BCUT2D eigenvalue weighted by molar-refractivity contribution is -0.128. The van der Waals surface area contributed by atoms with Gasteiger partial charge in [-0.25, -0.2) is 4.79 Å². The summed E-state index contributed by atoms with van der Waals surface area (Å²) in [5.41, 5.74) is -0.0202. The van der Waals surface area contributed by atoms with Crippen molar-refractivity contribution in [3.8, 4) is 0 Å². The molecule has 2 saturated heterocycles. The topological polar surface area (TPSA) is 109 Å². The zero-order chi connectivity index (χ0) is 18.7. The van der Waals surface area contributed by atoms with Crippen LogP contribution < -0.4 is 21.3 Å². The first kappa shape index (κ1) is 19.8. The Labute approximate surface area is 162 Å². The lowest BCUT2D eigenvalue weighted by atomic mass is 9.82. The van der Waals surface area contributed by atoms with Crippen LogP contribution in [0.3, 0.4) is 0 Å². The van der Waals surface area contributed by atoms with E-state index in [0.717, 1.165) is 25.0 Å². The van der Waals surface area contributed by atoms with Gasteiger partial charge in [0, 0.05) is 18.0 Å². The molecule has 0 spiro atoms. The number of thiol groups is 1. The number of carbonyl (C=O) groups is 3. The molecule has 1 saturated carbocycles. The highest BCUT2D eigenvalue weighted by Crippen LogP contribution is 2.33. The van der Waals surface area contributed by atoms with Gasteiger partial charge < -0.3 is 10.1 Å². The summed E-state index contributed by atoms with van der Waals surface area (Å²) in [5.74, 6) is -0.117. The summed E-state index contributed by atoms with van der Waals surface area (Å²) >= 11 is 5.94. The van der Waals surface area contributed by atoms with Crippen molar-refractivity contribution in [3.05, 3.63) is 0 Å². The van der Waals surface area contributed by atoms with Crippen molar-refractivity contribution in [2.75, 3.05) is 12.4 Å². The number of nitrogens with one attached hydrogen (secondary N) is 4. The van der Waals surface area contributed by atoms with Crippen LogP contribution in [0.2, 0.25) is 0 Å². The van der Waals surface area contributed by atoms with E-state index in [1.54, 1.807) is 18.7 Å². The lowest BCUT2D eigenvalue weighted by Gasteiger charge is -2.31. The fourth-order valence-corrected chi connectivity index (χ4v) is 5.58. The molecular weight excluding hydrogens is 376 g/mol. The van der Waals surface area contributed by atoms with Crippen molar-refractivity contribution in [3.63, 3.8) is 0 Å². The third-order valence-corrected chi connectivity index (χ3v) is 6.75. The minimum atomic E-state index is -0.737. The van der Waals surface area contributed by atoms with Crippen LogP contribution in [0.5, 0.6) is 0 Å². The number of amides is 3. The summed E-state index contributed by atoms with van der Waals surface area (Å²) in [4.78, 5) is 36.4. The SMILES string of the molecule is CCOC(=O)NC(=O)C1CCSC1NC(=O)C1CCC2NC(S)NC2C1. The second kappa shape index (κ2) is 8.81. The quantitative estimate of drug-likeness (QED) is 0.433. The van der Waals surface area contributed by atoms with E-state index >= 15 is 0 Å². The van der Waals surface area contributed by atoms with Crippen molar-refractivity contribution in [1.29, 1.82) is 0 Å². The second-order valence-electron chi connectivity index (χ2n) is 6.86. The molecule has 3 rings (SSSR count). The van der Waals surface area contributed by atoms with Crippen LogP contribution in [-0.2, 0) is 14.3 Å². The van der Waals surface area contributed by atoms with Crippen LogP contribution in [0.25, 0.3) is 0 Å². The fraction of sp³-hybridized carbons (Fsp3) is 0.812. The molecule has 0 radical (unpaired) electrons. The third kappa shape index (κ3) is 4.65. The van der Waals surface area contributed by atoms with E-state index in [1.807, 2.05) is 0 Å². The molecular formula is C16H26N4O4S2. The second-order valence-corrected chi connectivity index (χ2v) is 8.63. The van der Waals surface area contributed by atoms with Gasteiger partial charge >= 0.3 is 6.09 Å². The number of thioether (sulfide) groups is 1. The molecule has 4 N–H and O–H groups in total. The van der Waals surface area contributed by atoms with Crippen LogP contribution in [0.15, 0.2) is 0 Å². The monoisotopic (exact) mass is 402 g/mol. The van der Waals surface area contributed by atoms with Crippen molar-refractivity contribution < 1.29 is 19.1 Å². The van der Waals surface area contributed by atoms with E-state index < -0.39 is 12.0 Å². The first-order valence-corrected chi connectivity index (χ1v) is 10.6. The van der Waals surface area contributed by atoms with Gasteiger partial charge in [-0.05, 0) is 38.4 Å². The van der Waals surface area contributed by atoms with Crippen LogP contribution in [0, 0.1) is 11.8 Å². The maximum absolute atomic E-state index is 12.7. The minimum Gasteiger partial charge on any atom is -0.450 e. The van der Waals surface area contributed by atoms with Gasteiger partial charge in [-0.15, -0.1) is 24.4 Å². The highest BCUT2D eigenvalue weighted by Gasteiger charge is 2.41. The number of rotatable bonds is 4. The molecule has 1 aliphatic carbocycles. The molecule has 0 aromatic rings.